The molecule has 2 rings (SSSR count). The molecule has 20 heavy (non-hydrogen) atoms. The Hall–Kier alpha value is -1.50. The van der Waals surface area contributed by atoms with Crippen molar-refractivity contribution in [2.45, 2.75) is 26.1 Å². The van der Waals surface area contributed by atoms with Crippen LogP contribution in [0.4, 0.5) is 24.8 Å². The Morgan fingerprint density at radius 2 is 2.10 bits per heavy atom. The van der Waals surface area contributed by atoms with Crippen LogP contribution in [0.3, 0.4) is 0 Å². The van der Waals surface area contributed by atoms with Crippen LogP contribution in [0.1, 0.15) is 18.9 Å². The Morgan fingerprint density at radius 3 is 2.75 bits per heavy atom. The van der Waals surface area contributed by atoms with Gasteiger partial charge in [-0.3, -0.25) is 0 Å². The maximum Gasteiger partial charge on any atom is 0.416 e. The van der Waals surface area contributed by atoms with Crippen molar-refractivity contribution < 1.29 is 13.2 Å². The fourth-order valence-corrected chi connectivity index (χ4v) is 2.12. The van der Waals surface area contributed by atoms with Crippen LogP contribution in [0, 0.1) is 0 Å². The maximum atomic E-state index is 12.7. The van der Waals surface area contributed by atoms with Gasteiger partial charge < -0.3 is 9.88 Å². The Morgan fingerprint density at radius 1 is 1.35 bits per heavy atom. The molecule has 0 saturated carbocycles. The predicted octanol–water partition coefficient (Wildman–Crippen LogP) is 4.82. The lowest BCUT2D eigenvalue weighted by molar-refractivity contribution is -0.137. The van der Waals surface area contributed by atoms with Crippen molar-refractivity contribution in [1.29, 1.82) is 0 Å². The minimum absolute atomic E-state index is 0.336. The topological polar surface area (TPSA) is 29.9 Å². The third-order valence-corrected chi connectivity index (χ3v) is 3.41. The second kappa shape index (κ2) is 5.87. The molecular formula is C13H13BrF3N3. The number of aromatic nitrogens is 2. The van der Waals surface area contributed by atoms with Crippen LogP contribution < -0.4 is 5.32 Å². The Kier molecular flexibility index (Phi) is 4.37. The van der Waals surface area contributed by atoms with Crippen molar-refractivity contribution in [1.82, 2.24) is 9.55 Å². The molecule has 1 aromatic carbocycles. The molecule has 2 aromatic rings. The van der Waals surface area contributed by atoms with Gasteiger partial charge in [0.2, 0.25) is 5.95 Å². The summed E-state index contributed by atoms with van der Waals surface area (Å²) >= 11 is 3.24. The SMILES string of the molecule is CCCn1ccnc1Nc1cc(C(F)(F)F)ccc1Br. The first-order valence-electron chi connectivity index (χ1n) is 6.06. The standard InChI is InChI=1S/C13H13BrF3N3/c1-2-6-20-7-5-18-12(20)19-11-8-9(13(15,16)17)3-4-10(11)14/h3-5,7-8H,2,6H2,1H3,(H,18,19). The molecule has 7 heteroatoms. The summed E-state index contributed by atoms with van der Waals surface area (Å²) in [5.74, 6) is 0.520. The number of anilines is 2. The van der Waals surface area contributed by atoms with Gasteiger partial charge in [0.05, 0.1) is 11.3 Å². The summed E-state index contributed by atoms with van der Waals surface area (Å²) in [6.07, 6.45) is -0.0579. The zero-order valence-corrected chi connectivity index (χ0v) is 12.3. The molecule has 1 aromatic heterocycles. The lowest BCUT2D eigenvalue weighted by Gasteiger charge is -2.13. The maximum absolute atomic E-state index is 12.7. The summed E-state index contributed by atoms with van der Waals surface area (Å²) in [7, 11) is 0. The van der Waals surface area contributed by atoms with Gasteiger partial charge in [-0.25, -0.2) is 4.98 Å². The van der Waals surface area contributed by atoms with Gasteiger partial charge in [-0.2, -0.15) is 13.2 Å². The van der Waals surface area contributed by atoms with Gasteiger partial charge in [-0.05, 0) is 40.5 Å². The summed E-state index contributed by atoms with van der Waals surface area (Å²) < 4.78 is 40.5. The number of halogens is 4. The van der Waals surface area contributed by atoms with Crippen LogP contribution in [0.15, 0.2) is 35.1 Å². The number of rotatable bonds is 4. The monoisotopic (exact) mass is 347 g/mol. The fourth-order valence-electron chi connectivity index (χ4n) is 1.77. The highest BCUT2D eigenvalue weighted by molar-refractivity contribution is 9.10. The molecule has 0 atom stereocenters. The lowest BCUT2D eigenvalue weighted by atomic mass is 10.2. The smallest absolute Gasteiger partial charge is 0.325 e. The predicted molar refractivity (Wildman–Crippen MR) is 74.9 cm³/mol. The summed E-state index contributed by atoms with van der Waals surface area (Å²) in [6.45, 7) is 2.77. The molecular weight excluding hydrogens is 335 g/mol. The minimum atomic E-state index is -4.37. The quantitative estimate of drug-likeness (QED) is 0.859. The van der Waals surface area contributed by atoms with Crippen molar-refractivity contribution in [3.05, 3.63) is 40.6 Å². The normalized spacial score (nSPS) is 11.7. The molecule has 0 amide bonds. The van der Waals surface area contributed by atoms with Crippen molar-refractivity contribution in [2.24, 2.45) is 0 Å². The van der Waals surface area contributed by atoms with Crippen LogP contribution >= 0.6 is 15.9 Å². The number of hydrogen-bond acceptors (Lipinski definition) is 2. The molecule has 1 N–H and O–H groups in total. The number of benzene rings is 1. The van der Waals surface area contributed by atoms with E-state index in [9.17, 15) is 13.2 Å². The number of nitrogens with one attached hydrogen (secondary N) is 1. The molecule has 0 aliphatic carbocycles. The van der Waals surface area contributed by atoms with Gasteiger partial charge in [0.25, 0.3) is 0 Å². The van der Waals surface area contributed by atoms with E-state index in [1.54, 1.807) is 12.4 Å². The van der Waals surface area contributed by atoms with Crippen LogP contribution in [-0.2, 0) is 12.7 Å². The highest BCUT2D eigenvalue weighted by atomic mass is 79.9. The van der Waals surface area contributed by atoms with Crippen molar-refractivity contribution in [3.8, 4) is 0 Å². The van der Waals surface area contributed by atoms with E-state index in [1.807, 2.05) is 11.5 Å². The van der Waals surface area contributed by atoms with Crippen LogP contribution in [0.2, 0.25) is 0 Å². The van der Waals surface area contributed by atoms with E-state index < -0.39 is 11.7 Å². The molecule has 0 bridgehead atoms. The third-order valence-electron chi connectivity index (χ3n) is 2.72. The van der Waals surface area contributed by atoms with Gasteiger partial charge >= 0.3 is 6.18 Å². The van der Waals surface area contributed by atoms with Crippen molar-refractivity contribution >= 4 is 27.6 Å². The summed E-state index contributed by atoms with van der Waals surface area (Å²) in [5, 5.41) is 2.92. The van der Waals surface area contributed by atoms with E-state index >= 15 is 0 Å². The second-order valence-electron chi connectivity index (χ2n) is 4.26. The van der Waals surface area contributed by atoms with Crippen LogP contribution in [-0.4, -0.2) is 9.55 Å². The molecule has 108 valence electrons. The number of hydrogen-bond donors (Lipinski definition) is 1. The average Bonchev–Trinajstić information content (AvgIpc) is 2.79. The van der Waals surface area contributed by atoms with E-state index in [0.29, 0.717) is 16.1 Å². The van der Waals surface area contributed by atoms with Crippen LogP contribution in [0.5, 0.6) is 0 Å². The summed E-state index contributed by atoms with van der Waals surface area (Å²) in [5.41, 5.74) is -0.361. The largest absolute Gasteiger partial charge is 0.416 e. The van der Waals surface area contributed by atoms with Gasteiger partial charge in [0.1, 0.15) is 0 Å². The molecule has 1 heterocycles. The summed E-state index contributed by atoms with van der Waals surface area (Å²) in [4.78, 5) is 4.11. The van der Waals surface area contributed by atoms with E-state index in [0.717, 1.165) is 25.1 Å². The number of nitrogens with zero attached hydrogens (tertiary/aromatic N) is 2. The average molecular weight is 348 g/mol. The third kappa shape index (κ3) is 3.33. The van der Waals surface area contributed by atoms with Crippen molar-refractivity contribution in [3.63, 3.8) is 0 Å². The Balaban J connectivity index is 2.31. The van der Waals surface area contributed by atoms with E-state index in [-0.39, 0.29) is 0 Å². The molecule has 3 nitrogen and oxygen atoms in total. The van der Waals surface area contributed by atoms with E-state index in [2.05, 4.69) is 26.2 Å². The highest BCUT2D eigenvalue weighted by Gasteiger charge is 2.31. The van der Waals surface area contributed by atoms with Crippen molar-refractivity contribution in [2.75, 3.05) is 5.32 Å². The first-order chi connectivity index (χ1) is 9.41. The molecule has 0 spiro atoms. The van der Waals surface area contributed by atoms with Gasteiger partial charge in [0, 0.05) is 23.4 Å². The molecule has 0 fully saturated rings. The number of aryl methyl sites for hydroxylation is 1. The van der Waals surface area contributed by atoms with Gasteiger partial charge in [-0.1, -0.05) is 6.92 Å². The summed E-state index contributed by atoms with van der Waals surface area (Å²) in [6, 6.07) is 3.47. The molecule has 0 aliphatic heterocycles. The molecule has 0 saturated heterocycles. The van der Waals surface area contributed by atoms with E-state index in [1.165, 1.54) is 6.07 Å². The Bertz CT molecular complexity index is 593. The molecule has 0 unspecified atom stereocenters. The van der Waals surface area contributed by atoms with Gasteiger partial charge in [0.15, 0.2) is 0 Å². The fraction of sp³-hybridized carbons (Fsp3) is 0.308. The number of alkyl halides is 3. The zero-order chi connectivity index (χ0) is 14.8. The van der Waals surface area contributed by atoms with Crippen LogP contribution in [0.25, 0.3) is 0 Å². The lowest BCUT2D eigenvalue weighted by Crippen LogP contribution is -2.07. The number of imidazole rings is 1. The Labute approximate surface area is 123 Å². The van der Waals surface area contributed by atoms with Gasteiger partial charge in [-0.15, -0.1) is 0 Å². The minimum Gasteiger partial charge on any atom is -0.325 e. The first kappa shape index (κ1) is 14.9. The zero-order valence-electron chi connectivity index (χ0n) is 10.7. The van der Waals surface area contributed by atoms with E-state index in [4.69, 9.17) is 0 Å². The first-order valence-corrected chi connectivity index (χ1v) is 6.86. The molecule has 0 radical (unpaired) electrons. The molecule has 0 aliphatic rings. The second-order valence-corrected chi connectivity index (χ2v) is 5.12. The highest BCUT2D eigenvalue weighted by Crippen LogP contribution is 2.34.